The second-order valence-corrected chi connectivity index (χ2v) is 6.04. The van der Waals surface area contributed by atoms with E-state index in [0.29, 0.717) is 17.3 Å². The monoisotopic (exact) mass is 344 g/mol. The highest BCUT2D eigenvalue weighted by Crippen LogP contribution is 2.32. The summed E-state index contributed by atoms with van der Waals surface area (Å²) in [5.41, 5.74) is 8.56. The number of nitrogens with two attached hydrogens (primary N) is 1. The number of nitrogen functional groups attached to an aromatic ring is 1. The van der Waals surface area contributed by atoms with Crippen LogP contribution in [0.4, 0.5) is 15.9 Å². The normalized spacial score (nSPS) is 11.0. The van der Waals surface area contributed by atoms with Gasteiger partial charge in [0.25, 0.3) is 0 Å². The van der Waals surface area contributed by atoms with Crippen LogP contribution >= 0.6 is 0 Å². The summed E-state index contributed by atoms with van der Waals surface area (Å²) in [7, 11) is 5.30. The lowest BCUT2D eigenvalue weighted by Crippen LogP contribution is -2.17. The van der Waals surface area contributed by atoms with Crippen molar-refractivity contribution in [2.24, 2.45) is 0 Å². The molecule has 0 atom stereocenters. The van der Waals surface area contributed by atoms with Crippen LogP contribution in [0.5, 0.6) is 5.75 Å². The molecule has 3 rings (SSSR count). The van der Waals surface area contributed by atoms with Crippen molar-refractivity contribution in [1.82, 2.24) is 19.3 Å². The van der Waals surface area contributed by atoms with Crippen LogP contribution in [-0.4, -0.2) is 40.5 Å². The maximum absolute atomic E-state index is 14.0. The van der Waals surface area contributed by atoms with Gasteiger partial charge >= 0.3 is 0 Å². The molecular formula is C17H21FN6O. The summed E-state index contributed by atoms with van der Waals surface area (Å²) in [5.74, 6) is 1.21. The van der Waals surface area contributed by atoms with Crippen LogP contribution in [0.15, 0.2) is 24.4 Å². The summed E-state index contributed by atoms with van der Waals surface area (Å²) < 4.78 is 22.6. The Bertz CT molecular complexity index is 928. The first-order valence-electron chi connectivity index (χ1n) is 7.75. The zero-order valence-electron chi connectivity index (χ0n) is 14.9. The first-order valence-corrected chi connectivity index (χ1v) is 7.75. The van der Waals surface area contributed by atoms with Gasteiger partial charge in [0.2, 0.25) is 5.95 Å². The lowest BCUT2D eigenvalue weighted by atomic mass is 10.2. The van der Waals surface area contributed by atoms with Crippen molar-refractivity contribution in [3.63, 3.8) is 0 Å². The standard InChI is InChI=1S/C17H21FN6O/c1-10-6-15(22(3)4)24(21-10)17-20-11(2)9-23(17)13-7-12(18)8-14(25-5)16(13)19/h6-9H,19H2,1-5H3. The number of imidazole rings is 1. The van der Waals surface area contributed by atoms with Crippen LogP contribution in [-0.2, 0) is 0 Å². The number of hydrogen-bond donors (Lipinski definition) is 1. The van der Waals surface area contributed by atoms with E-state index in [1.165, 1.54) is 19.2 Å². The molecule has 2 N–H and O–H groups in total. The van der Waals surface area contributed by atoms with Gasteiger partial charge in [-0.3, -0.25) is 4.57 Å². The van der Waals surface area contributed by atoms with E-state index in [1.54, 1.807) is 15.4 Å². The molecule has 0 amide bonds. The fourth-order valence-electron chi connectivity index (χ4n) is 2.71. The Labute approximate surface area is 145 Å². The SMILES string of the molecule is COc1cc(F)cc(-n2cc(C)nc2-n2nc(C)cc2N(C)C)c1N. The zero-order valence-corrected chi connectivity index (χ0v) is 14.9. The molecule has 2 aromatic heterocycles. The van der Waals surface area contributed by atoms with Crippen LogP contribution < -0.4 is 15.4 Å². The van der Waals surface area contributed by atoms with Gasteiger partial charge in [-0.1, -0.05) is 0 Å². The third-order valence-electron chi connectivity index (χ3n) is 3.83. The van der Waals surface area contributed by atoms with Crippen molar-refractivity contribution in [1.29, 1.82) is 0 Å². The van der Waals surface area contributed by atoms with Gasteiger partial charge in [-0.15, -0.1) is 0 Å². The van der Waals surface area contributed by atoms with Gasteiger partial charge in [0, 0.05) is 38.5 Å². The topological polar surface area (TPSA) is 74.1 Å². The van der Waals surface area contributed by atoms with Crippen LogP contribution in [0.2, 0.25) is 0 Å². The molecule has 0 saturated heterocycles. The maximum Gasteiger partial charge on any atom is 0.237 e. The van der Waals surface area contributed by atoms with Gasteiger partial charge in [-0.05, 0) is 13.8 Å². The summed E-state index contributed by atoms with van der Waals surface area (Å²) >= 11 is 0. The van der Waals surface area contributed by atoms with Gasteiger partial charge in [-0.2, -0.15) is 9.78 Å². The second kappa shape index (κ2) is 6.12. The predicted octanol–water partition coefficient (Wildman–Crippen LogP) is 2.47. The third kappa shape index (κ3) is 2.90. The number of benzene rings is 1. The number of anilines is 2. The lowest BCUT2D eigenvalue weighted by Gasteiger charge is -2.17. The number of aryl methyl sites for hydroxylation is 2. The lowest BCUT2D eigenvalue weighted by molar-refractivity contribution is 0.413. The molecule has 0 spiro atoms. The van der Waals surface area contributed by atoms with E-state index in [4.69, 9.17) is 10.5 Å². The molecule has 0 aliphatic rings. The molecule has 0 fully saturated rings. The van der Waals surface area contributed by atoms with Gasteiger partial charge in [-0.25, -0.2) is 9.37 Å². The predicted molar refractivity (Wildman–Crippen MR) is 95.4 cm³/mol. The molecule has 8 heteroatoms. The molecule has 0 saturated carbocycles. The fraction of sp³-hybridized carbons (Fsp3) is 0.294. The molecule has 132 valence electrons. The molecule has 25 heavy (non-hydrogen) atoms. The van der Waals surface area contributed by atoms with Crippen molar-refractivity contribution < 1.29 is 9.13 Å². The number of methoxy groups -OCH3 is 1. The van der Waals surface area contributed by atoms with Crippen molar-refractivity contribution in [2.45, 2.75) is 13.8 Å². The number of halogens is 1. The van der Waals surface area contributed by atoms with E-state index in [0.717, 1.165) is 17.2 Å². The Hall–Kier alpha value is -3.03. The van der Waals surface area contributed by atoms with Crippen LogP contribution in [0.25, 0.3) is 11.6 Å². The van der Waals surface area contributed by atoms with Gasteiger partial charge < -0.3 is 15.4 Å². The quantitative estimate of drug-likeness (QED) is 0.736. The molecule has 3 aromatic rings. The minimum atomic E-state index is -0.442. The van der Waals surface area contributed by atoms with Gasteiger partial charge in [0.1, 0.15) is 17.4 Å². The Morgan fingerprint density at radius 1 is 1.16 bits per heavy atom. The van der Waals surface area contributed by atoms with Crippen molar-refractivity contribution >= 4 is 11.5 Å². The van der Waals surface area contributed by atoms with E-state index < -0.39 is 5.82 Å². The van der Waals surface area contributed by atoms with Gasteiger partial charge in [0.05, 0.1) is 29.9 Å². The average molecular weight is 344 g/mol. The molecule has 0 bridgehead atoms. The Morgan fingerprint density at radius 2 is 1.88 bits per heavy atom. The molecule has 2 heterocycles. The molecule has 7 nitrogen and oxygen atoms in total. The van der Waals surface area contributed by atoms with E-state index in [9.17, 15) is 4.39 Å². The minimum Gasteiger partial charge on any atom is -0.494 e. The maximum atomic E-state index is 14.0. The molecule has 0 radical (unpaired) electrons. The highest BCUT2D eigenvalue weighted by atomic mass is 19.1. The first kappa shape index (κ1) is 16.8. The second-order valence-electron chi connectivity index (χ2n) is 6.04. The zero-order chi connectivity index (χ0) is 18.3. The van der Waals surface area contributed by atoms with E-state index in [1.807, 2.05) is 38.9 Å². The van der Waals surface area contributed by atoms with E-state index in [-0.39, 0.29) is 5.75 Å². The van der Waals surface area contributed by atoms with E-state index >= 15 is 0 Å². The molecule has 1 aromatic carbocycles. The largest absolute Gasteiger partial charge is 0.494 e. The van der Waals surface area contributed by atoms with Gasteiger partial charge in [0.15, 0.2) is 0 Å². The Kier molecular flexibility index (Phi) is 4.12. The van der Waals surface area contributed by atoms with Crippen LogP contribution in [0.1, 0.15) is 11.4 Å². The highest BCUT2D eigenvalue weighted by Gasteiger charge is 2.19. The smallest absolute Gasteiger partial charge is 0.237 e. The van der Waals surface area contributed by atoms with Crippen LogP contribution in [0.3, 0.4) is 0 Å². The number of nitrogens with zero attached hydrogens (tertiary/aromatic N) is 5. The molecule has 0 unspecified atom stereocenters. The molecule has 0 aliphatic carbocycles. The number of ether oxygens (including phenoxy) is 1. The number of aromatic nitrogens is 4. The number of hydrogen-bond acceptors (Lipinski definition) is 5. The van der Waals surface area contributed by atoms with E-state index in [2.05, 4.69) is 10.1 Å². The highest BCUT2D eigenvalue weighted by molar-refractivity contribution is 5.68. The summed E-state index contributed by atoms with van der Waals surface area (Å²) in [4.78, 5) is 6.49. The summed E-state index contributed by atoms with van der Waals surface area (Å²) in [5, 5.41) is 4.52. The summed E-state index contributed by atoms with van der Waals surface area (Å²) in [6, 6.07) is 4.56. The third-order valence-corrected chi connectivity index (χ3v) is 3.83. The Morgan fingerprint density at radius 3 is 2.52 bits per heavy atom. The van der Waals surface area contributed by atoms with Crippen molar-refractivity contribution in [3.8, 4) is 17.4 Å². The summed E-state index contributed by atoms with van der Waals surface area (Å²) in [6.45, 7) is 3.77. The average Bonchev–Trinajstić information content (AvgIpc) is 3.12. The van der Waals surface area contributed by atoms with Crippen molar-refractivity contribution in [2.75, 3.05) is 31.8 Å². The fourth-order valence-corrected chi connectivity index (χ4v) is 2.71. The summed E-state index contributed by atoms with van der Waals surface area (Å²) in [6.07, 6.45) is 1.79. The van der Waals surface area contributed by atoms with Crippen molar-refractivity contribution in [3.05, 3.63) is 41.6 Å². The number of rotatable bonds is 4. The Balaban J connectivity index is 2.27. The molecule has 0 aliphatic heterocycles. The van der Waals surface area contributed by atoms with Crippen LogP contribution in [0, 0.1) is 19.7 Å². The molecular weight excluding hydrogens is 323 g/mol. The first-order chi connectivity index (χ1) is 11.8. The minimum absolute atomic E-state index is 0.275.